The number of hydrogen-bond acceptors (Lipinski definition) is 5. The number of aromatic nitrogens is 3. The van der Waals surface area contributed by atoms with Crippen molar-refractivity contribution in [3.8, 4) is 0 Å². The number of amides is 1. The molecule has 1 saturated carbocycles. The monoisotopic (exact) mass is 272 g/mol. The molecule has 0 aliphatic heterocycles. The molecule has 0 radical (unpaired) electrons. The molecule has 18 heavy (non-hydrogen) atoms. The van der Waals surface area contributed by atoms with Gasteiger partial charge in [0.05, 0.1) is 5.75 Å². The molecule has 1 aromatic heterocycles. The molecular formula is C10H16N4O3S. The van der Waals surface area contributed by atoms with Crippen LogP contribution in [0, 0.1) is 0 Å². The summed E-state index contributed by atoms with van der Waals surface area (Å²) in [5.41, 5.74) is 0. The van der Waals surface area contributed by atoms with E-state index in [4.69, 9.17) is 0 Å². The SMILES string of the molecule is CN(CCS(C)(=O)=O)C(=O)c1n[nH]c(C2CC2)n1. The van der Waals surface area contributed by atoms with Crippen LogP contribution in [-0.2, 0) is 9.84 Å². The van der Waals surface area contributed by atoms with E-state index in [9.17, 15) is 13.2 Å². The maximum Gasteiger partial charge on any atom is 0.293 e. The van der Waals surface area contributed by atoms with E-state index in [2.05, 4.69) is 15.2 Å². The van der Waals surface area contributed by atoms with Crippen LogP contribution in [0.15, 0.2) is 0 Å². The molecule has 0 bridgehead atoms. The smallest absolute Gasteiger partial charge is 0.293 e. The van der Waals surface area contributed by atoms with Crippen molar-refractivity contribution in [3.05, 3.63) is 11.6 Å². The first-order valence-corrected chi connectivity index (χ1v) is 7.78. The molecule has 1 N–H and O–H groups in total. The Hall–Kier alpha value is -1.44. The highest BCUT2D eigenvalue weighted by molar-refractivity contribution is 7.90. The van der Waals surface area contributed by atoms with Crippen LogP contribution in [0.2, 0.25) is 0 Å². The lowest BCUT2D eigenvalue weighted by molar-refractivity contribution is 0.0792. The van der Waals surface area contributed by atoms with E-state index in [1.165, 1.54) is 4.90 Å². The molecular weight excluding hydrogens is 256 g/mol. The summed E-state index contributed by atoms with van der Waals surface area (Å²) in [7, 11) is -1.53. The zero-order chi connectivity index (χ0) is 13.3. The number of hydrogen-bond donors (Lipinski definition) is 1. The zero-order valence-corrected chi connectivity index (χ0v) is 11.2. The van der Waals surface area contributed by atoms with Gasteiger partial charge in [0.2, 0.25) is 5.82 Å². The molecule has 1 amide bonds. The topological polar surface area (TPSA) is 96.0 Å². The second kappa shape index (κ2) is 4.68. The Bertz CT molecular complexity index is 547. The Morgan fingerprint density at radius 2 is 2.17 bits per heavy atom. The molecule has 0 aromatic carbocycles. The zero-order valence-electron chi connectivity index (χ0n) is 10.4. The van der Waals surface area contributed by atoms with Gasteiger partial charge in [-0.1, -0.05) is 0 Å². The normalized spacial score (nSPS) is 15.7. The Morgan fingerprint density at radius 3 is 2.72 bits per heavy atom. The van der Waals surface area contributed by atoms with Gasteiger partial charge in [-0.25, -0.2) is 13.4 Å². The number of aromatic amines is 1. The summed E-state index contributed by atoms with van der Waals surface area (Å²) in [6.07, 6.45) is 3.29. The fraction of sp³-hybridized carbons (Fsp3) is 0.700. The molecule has 1 aliphatic rings. The van der Waals surface area contributed by atoms with Gasteiger partial charge in [-0.3, -0.25) is 9.89 Å². The van der Waals surface area contributed by atoms with Gasteiger partial charge in [-0.05, 0) is 12.8 Å². The van der Waals surface area contributed by atoms with E-state index in [1.807, 2.05) is 0 Å². The Balaban J connectivity index is 1.96. The van der Waals surface area contributed by atoms with E-state index >= 15 is 0 Å². The van der Waals surface area contributed by atoms with Crippen LogP contribution in [0.25, 0.3) is 0 Å². The minimum atomic E-state index is -3.08. The van der Waals surface area contributed by atoms with Crippen LogP contribution in [0.4, 0.5) is 0 Å². The van der Waals surface area contributed by atoms with E-state index in [0.29, 0.717) is 5.92 Å². The lowest BCUT2D eigenvalue weighted by Gasteiger charge is -2.13. The first-order valence-electron chi connectivity index (χ1n) is 5.72. The summed E-state index contributed by atoms with van der Waals surface area (Å²) in [4.78, 5) is 17.4. The van der Waals surface area contributed by atoms with Crippen LogP contribution >= 0.6 is 0 Å². The number of carbonyl (C=O) groups is 1. The van der Waals surface area contributed by atoms with E-state index in [1.54, 1.807) is 7.05 Å². The van der Waals surface area contributed by atoms with Crippen molar-refractivity contribution in [2.75, 3.05) is 25.6 Å². The van der Waals surface area contributed by atoms with E-state index < -0.39 is 9.84 Å². The van der Waals surface area contributed by atoms with Crippen molar-refractivity contribution in [2.45, 2.75) is 18.8 Å². The number of nitrogens with one attached hydrogen (secondary N) is 1. The van der Waals surface area contributed by atoms with Crippen LogP contribution in [0.1, 0.15) is 35.2 Å². The van der Waals surface area contributed by atoms with Crippen molar-refractivity contribution < 1.29 is 13.2 Å². The summed E-state index contributed by atoms with van der Waals surface area (Å²) >= 11 is 0. The number of sulfone groups is 1. The molecule has 0 spiro atoms. The molecule has 0 saturated heterocycles. The van der Waals surface area contributed by atoms with Crippen LogP contribution in [0.5, 0.6) is 0 Å². The summed E-state index contributed by atoms with van der Waals surface area (Å²) in [6.45, 7) is 0.144. The van der Waals surface area contributed by atoms with Crippen molar-refractivity contribution in [1.82, 2.24) is 20.1 Å². The first kappa shape index (κ1) is 13.0. The second-order valence-corrected chi connectivity index (χ2v) is 6.93. The molecule has 100 valence electrons. The highest BCUT2D eigenvalue weighted by Crippen LogP contribution is 2.37. The predicted molar refractivity (Wildman–Crippen MR) is 65.0 cm³/mol. The lowest BCUT2D eigenvalue weighted by atomic mass is 10.4. The fourth-order valence-corrected chi connectivity index (χ4v) is 2.09. The molecule has 0 unspecified atom stereocenters. The third-order valence-corrected chi connectivity index (χ3v) is 3.73. The standard InChI is InChI=1S/C10H16N4O3S/c1-14(5-6-18(2,16)17)10(15)9-11-8(12-13-9)7-3-4-7/h7H,3-6H2,1-2H3,(H,11,12,13). The predicted octanol–water partition coefficient (Wildman–Crippen LogP) is -0.201. The molecule has 7 nitrogen and oxygen atoms in total. The molecule has 0 atom stereocenters. The molecule has 1 aromatic rings. The summed E-state index contributed by atoms with van der Waals surface area (Å²) < 4.78 is 22.0. The van der Waals surface area contributed by atoms with Crippen molar-refractivity contribution in [2.24, 2.45) is 0 Å². The minimum absolute atomic E-state index is 0.0604. The number of nitrogens with zero attached hydrogens (tertiary/aromatic N) is 3. The number of rotatable bonds is 5. The van der Waals surface area contributed by atoms with Gasteiger partial charge in [0.25, 0.3) is 5.91 Å². The summed E-state index contributed by atoms with van der Waals surface area (Å²) in [5, 5.41) is 6.62. The summed E-state index contributed by atoms with van der Waals surface area (Å²) in [6, 6.07) is 0. The third-order valence-electron chi connectivity index (χ3n) is 2.80. The molecule has 8 heteroatoms. The molecule has 2 rings (SSSR count). The average molecular weight is 272 g/mol. The number of carbonyl (C=O) groups excluding carboxylic acids is 1. The molecule has 1 heterocycles. The van der Waals surface area contributed by atoms with Crippen molar-refractivity contribution >= 4 is 15.7 Å². The maximum absolute atomic E-state index is 11.9. The highest BCUT2D eigenvalue weighted by Gasteiger charge is 2.28. The average Bonchev–Trinajstić information content (AvgIpc) is 3.02. The maximum atomic E-state index is 11.9. The molecule has 1 fully saturated rings. The second-order valence-electron chi connectivity index (χ2n) is 4.68. The Morgan fingerprint density at radius 1 is 1.50 bits per heavy atom. The van der Waals surface area contributed by atoms with E-state index in [-0.39, 0.29) is 24.0 Å². The summed E-state index contributed by atoms with van der Waals surface area (Å²) in [5.74, 6) is 0.833. The lowest BCUT2D eigenvalue weighted by Crippen LogP contribution is -2.32. The van der Waals surface area contributed by atoms with Gasteiger partial charge >= 0.3 is 0 Å². The van der Waals surface area contributed by atoms with Crippen LogP contribution in [0.3, 0.4) is 0 Å². The highest BCUT2D eigenvalue weighted by atomic mass is 32.2. The van der Waals surface area contributed by atoms with Gasteiger partial charge in [-0.15, -0.1) is 5.10 Å². The number of H-pyrrole nitrogens is 1. The van der Waals surface area contributed by atoms with Crippen molar-refractivity contribution in [3.63, 3.8) is 0 Å². The van der Waals surface area contributed by atoms with Crippen LogP contribution in [-0.4, -0.2) is 60.0 Å². The van der Waals surface area contributed by atoms with Gasteiger partial charge in [0.15, 0.2) is 0 Å². The van der Waals surface area contributed by atoms with Crippen molar-refractivity contribution in [1.29, 1.82) is 0 Å². The van der Waals surface area contributed by atoms with E-state index in [0.717, 1.165) is 24.9 Å². The van der Waals surface area contributed by atoms with Gasteiger partial charge < -0.3 is 4.90 Å². The minimum Gasteiger partial charge on any atom is -0.338 e. The Kier molecular flexibility index (Phi) is 3.38. The quantitative estimate of drug-likeness (QED) is 0.800. The Labute approximate surface area is 106 Å². The van der Waals surface area contributed by atoms with Crippen LogP contribution < -0.4 is 0 Å². The van der Waals surface area contributed by atoms with Gasteiger partial charge in [-0.2, -0.15) is 0 Å². The largest absolute Gasteiger partial charge is 0.338 e. The van der Waals surface area contributed by atoms with Gasteiger partial charge in [0, 0.05) is 25.8 Å². The fourth-order valence-electron chi connectivity index (χ4n) is 1.48. The van der Waals surface area contributed by atoms with Gasteiger partial charge in [0.1, 0.15) is 15.7 Å². The third kappa shape index (κ3) is 3.28. The molecule has 1 aliphatic carbocycles. The first-order chi connectivity index (χ1) is 8.37.